The molecule has 0 saturated carbocycles. The van der Waals surface area contributed by atoms with Gasteiger partial charge in [0.05, 0.1) is 12.2 Å². The van der Waals surface area contributed by atoms with Crippen molar-refractivity contribution in [3.8, 4) is 0 Å². The summed E-state index contributed by atoms with van der Waals surface area (Å²) in [5.74, 6) is -1.31. The molecule has 0 aromatic carbocycles. The summed E-state index contributed by atoms with van der Waals surface area (Å²) >= 11 is 0. The summed E-state index contributed by atoms with van der Waals surface area (Å²) in [6.45, 7) is 10.7. The molecule has 0 radical (unpaired) electrons. The van der Waals surface area contributed by atoms with E-state index in [1.807, 2.05) is 13.8 Å². The van der Waals surface area contributed by atoms with E-state index in [-0.39, 0.29) is 11.9 Å². The number of aliphatic carboxylic acids is 1. The summed E-state index contributed by atoms with van der Waals surface area (Å²) in [5.41, 5.74) is 0. The Morgan fingerprint density at radius 3 is 2.17 bits per heavy atom. The average Bonchev–Trinajstić information content (AvgIpc) is 2.34. The van der Waals surface area contributed by atoms with Crippen LogP contribution in [0, 0.1) is 5.92 Å². The Morgan fingerprint density at radius 1 is 1.28 bits per heavy atom. The maximum atomic E-state index is 10.5. The molecule has 0 aromatic rings. The van der Waals surface area contributed by atoms with Crippen LogP contribution in [-0.2, 0) is 14.3 Å². The first kappa shape index (κ1) is 18.8. The molecule has 0 amide bonds. The molecule has 1 N–H and O–H groups in total. The van der Waals surface area contributed by atoms with E-state index in [9.17, 15) is 9.59 Å². The first-order valence-electron chi connectivity index (χ1n) is 6.19. The molecule has 104 valence electrons. The van der Waals surface area contributed by atoms with Crippen LogP contribution >= 0.6 is 0 Å². The Hall–Kier alpha value is -1.58. The number of ether oxygens (including phenoxy) is 1. The van der Waals surface area contributed by atoms with Gasteiger partial charge in [-0.1, -0.05) is 39.3 Å². The van der Waals surface area contributed by atoms with Gasteiger partial charge < -0.3 is 9.84 Å². The van der Waals surface area contributed by atoms with Crippen molar-refractivity contribution >= 4 is 11.9 Å². The van der Waals surface area contributed by atoms with E-state index in [1.54, 1.807) is 0 Å². The lowest BCUT2D eigenvalue weighted by Crippen LogP contribution is -2.09. The predicted molar refractivity (Wildman–Crippen MR) is 72.0 cm³/mol. The number of hydrogen-bond donors (Lipinski definition) is 1. The number of carbonyl (C=O) groups is 2. The fourth-order valence-corrected chi connectivity index (χ4v) is 1.13. The quantitative estimate of drug-likeness (QED) is 0.410. The lowest BCUT2D eigenvalue weighted by atomic mass is 10.1. The van der Waals surface area contributed by atoms with Gasteiger partial charge in [-0.05, 0) is 12.8 Å². The lowest BCUT2D eigenvalue weighted by molar-refractivity contribution is -0.140. The van der Waals surface area contributed by atoms with Gasteiger partial charge in [0.1, 0.15) is 0 Å². The number of carbonyl (C=O) groups excluding carboxylic acids is 1. The molecule has 1 unspecified atom stereocenters. The number of hydrogen-bond acceptors (Lipinski definition) is 3. The van der Waals surface area contributed by atoms with Gasteiger partial charge >= 0.3 is 11.9 Å². The zero-order valence-electron chi connectivity index (χ0n) is 11.4. The van der Waals surface area contributed by atoms with Gasteiger partial charge in [-0.2, -0.15) is 0 Å². The molecule has 4 nitrogen and oxygen atoms in total. The van der Waals surface area contributed by atoms with Crippen LogP contribution in [0.15, 0.2) is 25.5 Å². The minimum atomic E-state index is -0.771. The van der Waals surface area contributed by atoms with Crippen LogP contribution < -0.4 is 0 Å². The molecule has 0 aromatic heterocycles. The number of unbranched alkanes of at least 4 members (excludes halogenated alkanes) is 1. The van der Waals surface area contributed by atoms with Crippen molar-refractivity contribution in [2.45, 2.75) is 46.0 Å². The summed E-state index contributed by atoms with van der Waals surface area (Å²) in [5, 5.41) is 8.43. The standard InChI is InChI=1S/2C7H12O2/c1-3-5-6-7(8)9-4-2;1-3-5-6(4-2)7(8)9/h4H,2-3,5-6H2,1H3;4,6H,2-3,5H2,1H3,(H,8,9). The van der Waals surface area contributed by atoms with Crippen molar-refractivity contribution in [3.05, 3.63) is 25.5 Å². The second-order valence-corrected chi connectivity index (χ2v) is 3.73. The van der Waals surface area contributed by atoms with E-state index < -0.39 is 5.97 Å². The molecule has 0 aliphatic heterocycles. The SMILES string of the molecule is C=CC(CCC)C(=O)O.C=COC(=O)CCCC. The monoisotopic (exact) mass is 256 g/mol. The number of esters is 1. The highest BCUT2D eigenvalue weighted by atomic mass is 16.5. The molecular weight excluding hydrogens is 232 g/mol. The topological polar surface area (TPSA) is 63.6 Å². The molecule has 0 aliphatic rings. The molecule has 0 spiro atoms. The maximum absolute atomic E-state index is 10.5. The molecule has 0 saturated heterocycles. The minimum absolute atomic E-state index is 0.188. The van der Waals surface area contributed by atoms with E-state index in [2.05, 4.69) is 17.9 Å². The third kappa shape index (κ3) is 12.5. The lowest BCUT2D eigenvalue weighted by Gasteiger charge is -2.02. The van der Waals surface area contributed by atoms with Gasteiger partial charge in [0.2, 0.25) is 0 Å². The van der Waals surface area contributed by atoms with Crippen molar-refractivity contribution < 1.29 is 19.4 Å². The average molecular weight is 256 g/mol. The van der Waals surface area contributed by atoms with Crippen LogP contribution in [0.25, 0.3) is 0 Å². The minimum Gasteiger partial charge on any atom is -0.481 e. The smallest absolute Gasteiger partial charge is 0.310 e. The Balaban J connectivity index is 0. The summed E-state index contributed by atoms with van der Waals surface area (Å²) in [4.78, 5) is 20.8. The molecule has 1 atom stereocenters. The van der Waals surface area contributed by atoms with E-state index >= 15 is 0 Å². The first-order valence-corrected chi connectivity index (χ1v) is 6.19. The summed E-state index contributed by atoms with van der Waals surface area (Å²) in [7, 11) is 0. The van der Waals surface area contributed by atoms with E-state index in [0.29, 0.717) is 12.8 Å². The second kappa shape index (κ2) is 13.5. The van der Waals surface area contributed by atoms with Crippen molar-refractivity contribution in [3.63, 3.8) is 0 Å². The van der Waals surface area contributed by atoms with Crippen molar-refractivity contribution in [2.75, 3.05) is 0 Å². The van der Waals surface area contributed by atoms with Gasteiger partial charge in [0.25, 0.3) is 0 Å². The molecular formula is C14H24O4. The number of carboxylic acid groups (broad SMARTS) is 1. The molecule has 0 heterocycles. The highest BCUT2D eigenvalue weighted by molar-refractivity contribution is 5.71. The normalized spacial score (nSPS) is 10.6. The fourth-order valence-electron chi connectivity index (χ4n) is 1.13. The van der Waals surface area contributed by atoms with Crippen molar-refractivity contribution in [1.82, 2.24) is 0 Å². The third-order valence-corrected chi connectivity index (χ3v) is 2.15. The second-order valence-electron chi connectivity index (χ2n) is 3.73. The van der Waals surface area contributed by atoms with Gasteiger partial charge in [-0.15, -0.1) is 6.58 Å². The first-order chi connectivity index (χ1) is 8.53. The number of carboxylic acids is 1. The Morgan fingerprint density at radius 2 is 1.89 bits per heavy atom. The van der Waals surface area contributed by atoms with Crippen LogP contribution in [0.5, 0.6) is 0 Å². The maximum Gasteiger partial charge on any atom is 0.310 e. The van der Waals surface area contributed by atoms with Crippen molar-refractivity contribution in [1.29, 1.82) is 0 Å². The third-order valence-electron chi connectivity index (χ3n) is 2.15. The fraction of sp³-hybridized carbons (Fsp3) is 0.571. The highest BCUT2D eigenvalue weighted by Gasteiger charge is 2.09. The summed E-state index contributed by atoms with van der Waals surface area (Å²) < 4.78 is 4.47. The molecule has 0 bridgehead atoms. The molecule has 0 rings (SSSR count). The van der Waals surface area contributed by atoms with E-state index in [1.165, 1.54) is 6.08 Å². The zero-order chi connectivity index (χ0) is 14.4. The Kier molecular flexibility index (Phi) is 14.1. The van der Waals surface area contributed by atoms with Crippen LogP contribution in [0.1, 0.15) is 46.0 Å². The van der Waals surface area contributed by atoms with Gasteiger partial charge in [-0.3, -0.25) is 9.59 Å². The highest BCUT2D eigenvalue weighted by Crippen LogP contribution is 2.06. The van der Waals surface area contributed by atoms with Crippen LogP contribution in [0.4, 0.5) is 0 Å². The number of rotatable bonds is 8. The van der Waals surface area contributed by atoms with E-state index in [4.69, 9.17) is 5.11 Å². The molecule has 4 heteroatoms. The van der Waals surface area contributed by atoms with Crippen LogP contribution in [-0.4, -0.2) is 17.0 Å². The zero-order valence-corrected chi connectivity index (χ0v) is 11.4. The summed E-state index contributed by atoms with van der Waals surface area (Å²) in [6, 6.07) is 0. The van der Waals surface area contributed by atoms with Gasteiger partial charge in [-0.25, -0.2) is 0 Å². The Bertz CT molecular complexity index is 257. The summed E-state index contributed by atoms with van der Waals surface area (Å²) in [6.07, 6.45) is 6.65. The largest absolute Gasteiger partial charge is 0.481 e. The van der Waals surface area contributed by atoms with Gasteiger partial charge in [0.15, 0.2) is 0 Å². The molecule has 18 heavy (non-hydrogen) atoms. The Labute approximate surface area is 109 Å². The van der Waals surface area contributed by atoms with Crippen molar-refractivity contribution in [2.24, 2.45) is 5.92 Å². The van der Waals surface area contributed by atoms with Crippen LogP contribution in [0.3, 0.4) is 0 Å². The molecule has 0 aliphatic carbocycles. The van der Waals surface area contributed by atoms with Gasteiger partial charge in [0, 0.05) is 6.42 Å². The molecule has 0 fully saturated rings. The predicted octanol–water partition coefficient (Wildman–Crippen LogP) is 3.54. The van der Waals surface area contributed by atoms with Crippen LogP contribution in [0.2, 0.25) is 0 Å². The van der Waals surface area contributed by atoms with E-state index in [0.717, 1.165) is 25.5 Å².